The van der Waals surface area contributed by atoms with Gasteiger partial charge in [0.1, 0.15) is 17.0 Å². The summed E-state index contributed by atoms with van der Waals surface area (Å²) in [5, 5.41) is 19.8. The van der Waals surface area contributed by atoms with Crippen molar-refractivity contribution >= 4 is 28.5 Å². The molecule has 2 heterocycles. The van der Waals surface area contributed by atoms with Gasteiger partial charge in [0, 0.05) is 30.8 Å². The summed E-state index contributed by atoms with van der Waals surface area (Å²) in [6, 6.07) is 6.77. The fourth-order valence-electron chi connectivity index (χ4n) is 2.48. The third-order valence-corrected chi connectivity index (χ3v) is 3.66. The molecule has 9 nitrogen and oxygen atoms in total. The molecule has 3 aromatic rings. The van der Waals surface area contributed by atoms with Crippen molar-refractivity contribution in [1.82, 2.24) is 15.0 Å². The van der Waals surface area contributed by atoms with E-state index in [1.54, 1.807) is 35.1 Å². The maximum atomic E-state index is 11.9. The predicted molar refractivity (Wildman–Crippen MR) is 92.7 cm³/mol. The van der Waals surface area contributed by atoms with E-state index in [2.05, 4.69) is 15.6 Å². The Kier molecular flexibility index (Phi) is 4.78. The first-order valence-corrected chi connectivity index (χ1v) is 7.90. The number of anilines is 1. The quantitative estimate of drug-likeness (QED) is 0.645. The van der Waals surface area contributed by atoms with Crippen molar-refractivity contribution in [3.8, 4) is 11.3 Å². The van der Waals surface area contributed by atoms with Crippen molar-refractivity contribution in [2.24, 2.45) is 0 Å². The molecule has 2 aromatic heterocycles. The highest BCUT2D eigenvalue weighted by Gasteiger charge is 2.10. The lowest BCUT2D eigenvalue weighted by molar-refractivity contribution is -0.137. The van der Waals surface area contributed by atoms with Gasteiger partial charge in [-0.2, -0.15) is 0 Å². The summed E-state index contributed by atoms with van der Waals surface area (Å²) in [5.41, 5.74) is 1.10. The number of amides is 1. The number of carboxylic acid groups (broad SMARTS) is 1. The second-order valence-corrected chi connectivity index (χ2v) is 5.75. The van der Waals surface area contributed by atoms with Crippen molar-refractivity contribution in [3.63, 3.8) is 0 Å². The van der Waals surface area contributed by atoms with Crippen LogP contribution in [0.2, 0.25) is 0 Å². The van der Waals surface area contributed by atoms with Gasteiger partial charge in [-0.25, -0.2) is 4.79 Å². The number of carbonyl (C=O) groups excluding carboxylic acids is 1. The Hall–Kier alpha value is -3.49. The monoisotopic (exact) mass is 356 g/mol. The van der Waals surface area contributed by atoms with Gasteiger partial charge in [-0.3, -0.25) is 14.3 Å². The Morgan fingerprint density at radius 3 is 2.85 bits per heavy atom. The van der Waals surface area contributed by atoms with Crippen molar-refractivity contribution in [2.45, 2.75) is 26.3 Å². The first-order chi connectivity index (χ1) is 12.4. The molecule has 1 aromatic carbocycles. The molecule has 9 heteroatoms. The van der Waals surface area contributed by atoms with Crippen LogP contribution in [0.4, 0.5) is 5.69 Å². The lowest BCUT2D eigenvalue weighted by Crippen LogP contribution is -2.14. The Labute approximate surface area is 147 Å². The number of carbonyl (C=O) groups is 2. The molecule has 0 aliphatic heterocycles. The number of aryl methyl sites for hydroxylation is 1. The van der Waals surface area contributed by atoms with E-state index in [9.17, 15) is 14.4 Å². The highest BCUT2D eigenvalue weighted by Crippen LogP contribution is 2.23. The van der Waals surface area contributed by atoms with Crippen LogP contribution in [-0.4, -0.2) is 32.0 Å². The van der Waals surface area contributed by atoms with Crippen LogP contribution >= 0.6 is 0 Å². The second kappa shape index (κ2) is 7.18. The lowest BCUT2D eigenvalue weighted by Gasteiger charge is -2.03. The molecule has 0 aliphatic carbocycles. The van der Waals surface area contributed by atoms with E-state index in [1.165, 1.54) is 6.92 Å². The van der Waals surface area contributed by atoms with Gasteiger partial charge >= 0.3 is 11.6 Å². The number of aromatic nitrogens is 3. The van der Waals surface area contributed by atoms with Crippen LogP contribution in [0, 0.1) is 0 Å². The van der Waals surface area contributed by atoms with Crippen LogP contribution in [0.5, 0.6) is 0 Å². The Bertz CT molecular complexity index is 1040. The van der Waals surface area contributed by atoms with E-state index in [0.29, 0.717) is 35.2 Å². The van der Waals surface area contributed by atoms with E-state index in [1.807, 2.05) is 0 Å². The smallest absolute Gasteiger partial charge is 0.360 e. The number of hydrogen-bond acceptors (Lipinski definition) is 6. The van der Waals surface area contributed by atoms with Gasteiger partial charge in [-0.05, 0) is 18.6 Å². The molecule has 26 heavy (non-hydrogen) atoms. The summed E-state index contributed by atoms with van der Waals surface area (Å²) < 4.78 is 6.83. The molecule has 0 bridgehead atoms. The molecular weight excluding hydrogens is 340 g/mol. The largest absolute Gasteiger partial charge is 0.481 e. The Morgan fingerprint density at radius 1 is 1.31 bits per heavy atom. The fraction of sp³-hybridized carbons (Fsp3) is 0.235. The van der Waals surface area contributed by atoms with Gasteiger partial charge in [0.25, 0.3) is 0 Å². The average Bonchev–Trinajstić information content (AvgIpc) is 3.03. The first-order valence-electron chi connectivity index (χ1n) is 7.90. The molecule has 0 aliphatic rings. The van der Waals surface area contributed by atoms with Crippen molar-refractivity contribution in [2.75, 3.05) is 5.32 Å². The zero-order valence-corrected chi connectivity index (χ0v) is 13.9. The molecule has 134 valence electrons. The molecule has 1 amide bonds. The van der Waals surface area contributed by atoms with Crippen molar-refractivity contribution < 1.29 is 19.1 Å². The normalized spacial score (nSPS) is 10.8. The Balaban J connectivity index is 1.85. The number of carboxylic acids is 1. The summed E-state index contributed by atoms with van der Waals surface area (Å²) in [6.07, 6.45) is 2.22. The topological polar surface area (TPSA) is 127 Å². The number of aliphatic carboxylic acids is 1. The van der Waals surface area contributed by atoms with E-state index in [4.69, 9.17) is 9.52 Å². The molecule has 0 saturated heterocycles. The van der Waals surface area contributed by atoms with E-state index >= 15 is 0 Å². The molecule has 2 N–H and O–H groups in total. The minimum Gasteiger partial charge on any atom is -0.481 e. The summed E-state index contributed by atoms with van der Waals surface area (Å²) in [5.74, 6) is -1.21. The Morgan fingerprint density at radius 2 is 2.12 bits per heavy atom. The highest BCUT2D eigenvalue weighted by atomic mass is 16.4. The van der Waals surface area contributed by atoms with Crippen LogP contribution in [0.3, 0.4) is 0 Å². The minimum atomic E-state index is -0.853. The SMILES string of the molecule is CC(=O)Nc1cc2ccc(-c3cn(CCCC(=O)O)nn3)cc2oc1=O. The standard InChI is InChI=1S/C17H16N4O5/c1-10(22)18-13-7-12-5-4-11(8-15(12)26-17(13)25)14-9-21(20-19-14)6-2-3-16(23)24/h4-5,7-9H,2-3,6H2,1H3,(H,18,22)(H,23,24). The van der Waals surface area contributed by atoms with Crippen LogP contribution in [0.15, 0.2) is 39.7 Å². The fourth-order valence-corrected chi connectivity index (χ4v) is 2.48. The van der Waals surface area contributed by atoms with Crippen molar-refractivity contribution in [3.05, 3.63) is 40.9 Å². The zero-order chi connectivity index (χ0) is 18.7. The first kappa shape index (κ1) is 17.3. The predicted octanol–water partition coefficient (Wildman–Crippen LogP) is 1.87. The van der Waals surface area contributed by atoms with Crippen LogP contribution in [0.25, 0.3) is 22.2 Å². The van der Waals surface area contributed by atoms with Gasteiger partial charge in [0.2, 0.25) is 5.91 Å². The third-order valence-electron chi connectivity index (χ3n) is 3.66. The molecule has 0 saturated carbocycles. The van der Waals surface area contributed by atoms with Crippen LogP contribution < -0.4 is 10.9 Å². The van der Waals surface area contributed by atoms with Gasteiger partial charge in [0.15, 0.2) is 0 Å². The zero-order valence-electron chi connectivity index (χ0n) is 13.9. The second-order valence-electron chi connectivity index (χ2n) is 5.75. The van der Waals surface area contributed by atoms with E-state index < -0.39 is 11.6 Å². The summed E-state index contributed by atoms with van der Waals surface area (Å²) >= 11 is 0. The summed E-state index contributed by atoms with van der Waals surface area (Å²) in [7, 11) is 0. The maximum absolute atomic E-state index is 11.9. The minimum absolute atomic E-state index is 0.0625. The van der Waals surface area contributed by atoms with Gasteiger partial charge in [-0.1, -0.05) is 17.3 Å². The number of rotatable bonds is 6. The van der Waals surface area contributed by atoms with Gasteiger partial charge < -0.3 is 14.8 Å². The van der Waals surface area contributed by atoms with Crippen LogP contribution in [0.1, 0.15) is 19.8 Å². The number of nitrogens with one attached hydrogen (secondary N) is 1. The number of fused-ring (bicyclic) bond motifs is 1. The average molecular weight is 356 g/mol. The molecule has 0 spiro atoms. The summed E-state index contributed by atoms with van der Waals surface area (Å²) in [6.45, 7) is 1.76. The number of benzene rings is 1. The molecule has 0 radical (unpaired) electrons. The van der Waals surface area contributed by atoms with Gasteiger partial charge in [0.05, 0.1) is 6.20 Å². The highest BCUT2D eigenvalue weighted by molar-refractivity contribution is 5.91. The molecule has 0 fully saturated rings. The summed E-state index contributed by atoms with van der Waals surface area (Å²) in [4.78, 5) is 33.6. The maximum Gasteiger partial charge on any atom is 0.360 e. The lowest BCUT2D eigenvalue weighted by atomic mass is 10.1. The van der Waals surface area contributed by atoms with Gasteiger partial charge in [-0.15, -0.1) is 5.10 Å². The molecule has 3 rings (SSSR count). The number of nitrogens with zero attached hydrogens (tertiary/aromatic N) is 3. The van der Waals surface area contributed by atoms with Crippen LogP contribution in [-0.2, 0) is 16.1 Å². The third kappa shape index (κ3) is 3.94. The molecule has 0 unspecified atom stereocenters. The molecular formula is C17H16N4O5. The van der Waals surface area contributed by atoms with E-state index in [0.717, 1.165) is 0 Å². The number of hydrogen-bond donors (Lipinski definition) is 2. The van der Waals surface area contributed by atoms with E-state index in [-0.39, 0.29) is 18.0 Å². The van der Waals surface area contributed by atoms with Crippen molar-refractivity contribution in [1.29, 1.82) is 0 Å². The molecule has 0 atom stereocenters.